The standard InChI is InChI=1S/C14H6Cl2F17N3O/c15-4-34-5(16)36-6(35-4)37-3-1-2-7(17,18)8(19,20)9(21,22)10(23,24)11(25,26)12(27,28)13(29,30)14(31,32)33/h1-3H2. The largest absolute Gasteiger partial charge is 0.463 e. The van der Waals surface area contributed by atoms with Gasteiger partial charge < -0.3 is 4.74 Å². The summed E-state index contributed by atoms with van der Waals surface area (Å²) in [5.41, 5.74) is 0. The van der Waals surface area contributed by atoms with E-state index in [2.05, 4.69) is 19.7 Å². The van der Waals surface area contributed by atoms with Crippen LogP contribution >= 0.6 is 23.2 Å². The molecule has 4 nitrogen and oxygen atoms in total. The molecule has 0 spiro atoms. The second-order valence-corrected chi connectivity index (χ2v) is 7.43. The van der Waals surface area contributed by atoms with E-state index in [4.69, 9.17) is 23.2 Å². The average molecular weight is 626 g/mol. The van der Waals surface area contributed by atoms with Crippen molar-refractivity contribution >= 4 is 23.2 Å². The van der Waals surface area contributed by atoms with E-state index in [-0.39, 0.29) is 0 Å². The van der Waals surface area contributed by atoms with E-state index in [0.29, 0.717) is 0 Å². The Kier molecular flexibility index (Phi) is 8.75. The van der Waals surface area contributed by atoms with E-state index in [1.54, 1.807) is 0 Å². The highest BCUT2D eigenvalue weighted by Gasteiger charge is 2.95. The maximum atomic E-state index is 13.7. The molecular weight excluding hydrogens is 620 g/mol. The zero-order valence-electron chi connectivity index (χ0n) is 16.6. The van der Waals surface area contributed by atoms with E-state index in [9.17, 15) is 74.6 Å². The summed E-state index contributed by atoms with van der Waals surface area (Å²) in [4.78, 5) is 9.50. The Balaban J connectivity index is 3.24. The molecule has 1 aromatic heterocycles. The maximum absolute atomic E-state index is 13.7. The lowest BCUT2D eigenvalue weighted by Crippen LogP contribution is -2.74. The molecule has 0 N–H and O–H groups in total. The Bertz CT molecular complexity index is 949. The van der Waals surface area contributed by atoms with Crippen molar-refractivity contribution in [1.82, 2.24) is 15.0 Å². The first-order chi connectivity index (χ1) is 16.1. The molecule has 0 fully saturated rings. The van der Waals surface area contributed by atoms with Gasteiger partial charge in [-0.2, -0.15) is 89.6 Å². The summed E-state index contributed by atoms with van der Waals surface area (Å²) in [6.07, 6.45) is -12.0. The number of hydrogen-bond acceptors (Lipinski definition) is 4. The van der Waals surface area contributed by atoms with Gasteiger partial charge in [-0.3, -0.25) is 0 Å². The second kappa shape index (κ2) is 9.74. The lowest BCUT2D eigenvalue weighted by Gasteiger charge is -2.42. The molecule has 0 bridgehead atoms. The molecule has 0 aliphatic carbocycles. The fourth-order valence-electron chi connectivity index (χ4n) is 2.18. The minimum Gasteiger partial charge on any atom is -0.463 e. The van der Waals surface area contributed by atoms with Crippen LogP contribution in [0.3, 0.4) is 0 Å². The molecule has 0 aromatic carbocycles. The number of ether oxygens (including phenoxy) is 1. The minimum atomic E-state index is -8.66. The van der Waals surface area contributed by atoms with Crippen LogP contribution < -0.4 is 4.74 Å². The van der Waals surface area contributed by atoms with Gasteiger partial charge in [-0.1, -0.05) is 0 Å². The number of halogens is 19. The highest BCUT2D eigenvalue weighted by Crippen LogP contribution is 2.64. The normalized spacial score (nSPS) is 15.2. The molecule has 0 atom stereocenters. The molecule has 0 aliphatic rings. The molecule has 216 valence electrons. The second-order valence-electron chi connectivity index (χ2n) is 6.76. The third kappa shape index (κ3) is 5.38. The van der Waals surface area contributed by atoms with Gasteiger partial charge in [0.1, 0.15) is 0 Å². The minimum absolute atomic E-state index is 0.664. The van der Waals surface area contributed by atoms with Gasteiger partial charge in [-0.25, -0.2) is 0 Å². The number of alkyl halides is 17. The first-order valence-electron chi connectivity index (χ1n) is 8.53. The summed E-state index contributed by atoms with van der Waals surface area (Å²) in [7, 11) is 0. The van der Waals surface area contributed by atoms with Gasteiger partial charge >= 0.3 is 53.6 Å². The van der Waals surface area contributed by atoms with Crippen LogP contribution in [0.1, 0.15) is 12.8 Å². The van der Waals surface area contributed by atoms with E-state index in [0.717, 1.165) is 0 Å². The molecule has 37 heavy (non-hydrogen) atoms. The van der Waals surface area contributed by atoms with Crippen molar-refractivity contribution in [3.63, 3.8) is 0 Å². The molecule has 0 amide bonds. The Labute approximate surface area is 202 Å². The van der Waals surface area contributed by atoms with Gasteiger partial charge in [-0.05, 0) is 29.6 Å². The lowest BCUT2D eigenvalue weighted by molar-refractivity contribution is -0.461. The Morgan fingerprint density at radius 3 is 1.24 bits per heavy atom. The van der Waals surface area contributed by atoms with Crippen molar-refractivity contribution in [2.45, 2.75) is 60.5 Å². The van der Waals surface area contributed by atoms with Crippen molar-refractivity contribution in [1.29, 1.82) is 0 Å². The summed E-state index contributed by atoms with van der Waals surface area (Å²) in [5.74, 6) is -56.6. The summed E-state index contributed by atoms with van der Waals surface area (Å²) in [5, 5.41) is -1.33. The van der Waals surface area contributed by atoms with Gasteiger partial charge in [0.05, 0.1) is 6.61 Å². The van der Waals surface area contributed by atoms with Crippen LogP contribution in [0.5, 0.6) is 6.01 Å². The van der Waals surface area contributed by atoms with E-state index in [1.165, 1.54) is 0 Å². The van der Waals surface area contributed by atoms with Crippen molar-refractivity contribution < 1.29 is 79.4 Å². The molecular formula is C14H6Cl2F17N3O. The molecule has 0 saturated carbocycles. The summed E-state index contributed by atoms with van der Waals surface area (Å²) in [6.45, 7) is -1.24. The Morgan fingerprint density at radius 2 is 0.865 bits per heavy atom. The lowest BCUT2D eigenvalue weighted by atomic mass is 9.88. The fourth-order valence-corrected chi connectivity index (χ4v) is 2.53. The summed E-state index contributed by atoms with van der Waals surface area (Å²) >= 11 is 10.6. The number of hydrogen-bond donors (Lipinski definition) is 0. The predicted octanol–water partition coefficient (Wildman–Crippen LogP) is 7.35. The van der Waals surface area contributed by atoms with Gasteiger partial charge in [0.25, 0.3) is 0 Å². The molecule has 0 aliphatic heterocycles. The molecule has 0 saturated heterocycles. The molecule has 23 heteroatoms. The maximum Gasteiger partial charge on any atom is 0.460 e. The smallest absolute Gasteiger partial charge is 0.460 e. The van der Waals surface area contributed by atoms with E-state index >= 15 is 0 Å². The van der Waals surface area contributed by atoms with Gasteiger partial charge in [0, 0.05) is 6.42 Å². The van der Waals surface area contributed by atoms with Crippen molar-refractivity contribution in [3.8, 4) is 6.01 Å². The van der Waals surface area contributed by atoms with Crippen LogP contribution in [0.25, 0.3) is 0 Å². The zero-order valence-corrected chi connectivity index (χ0v) is 18.1. The summed E-state index contributed by atoms with van der Waals surface area (Å²) < 4.78 is 228. The molecule has 0 unspecified atom stereocenters. The average Bonchev–Trinajstić information content (AvgIpc) is 2.68. The van der Waals surface area contributed by atoms with Crippen molar-refractivity contribution in [2.75, 3.05) is 6.61 Å². The van der Waals surface area contributed by atoms with Crippen LogP contribution in [-0.2, 0) is 0 Å². The van der Waals surface area contributed by atoms with Crippen LogP contribution in [0.15, 0.2) is 0 Å². The highest BCUT2D eigenvalue weighted by atomic mass is 35.5. The number of aromatic nitrogens is 3. The Hall–Kier alpha value is -1.80. The van der Waals surface area contributed by atoms with Crippen molar-refractivity contribution in [2.24, 2.45) is 0 Å². The topological polar surface area (TPSA) is 47.9 Å². The highest BCUT2D eigenvalue weighted by molar-refractivity contribution is 6.31. The first kappa shape index (κ1) is 33.2. The van der Waals surface area contributed by atoms with Gasteiger partial charge in [-0.15, -0.1) is 0 Å². The Morgan fingerprint density at radius 1 is 0.514 bits per heavy atom. The summed E-state index contributed by atoms with van der Waals surface area (Å²) in [6, 6.07) is -0.871. The SMILES string of the molecule is FC(F)(F)C(F)(F)C(F)(F)C(F)(F)C(F)(F)C(F)(F)C(F)(F)C(F)(F)CCCOc1nc(Cl)nc(Cl)n1. The van der Waals surface area contributed by atoms with Crippen LogP contribution in [0, 0.1) is 0 Å². The first-order valence-corrected chi connectivity index (χ1v) is 9.28. The zero-order chi connectivity index (χ0) is 29.7. The van der Waals surface area contributed by atoms with Gasteiger partial charge in [0.2, 0.25) is 10.6 Å². The molecule has 0 radical (unpaired) electrons. The fraction of sp³-hybridized carbons (Fsp3) is 0.786. The predicted molar refractivity (Wildman–Crippen MR) is 85.3 cm³/mol. The van der Waals surface area contributed by atoms with Crippen LogP contribution in [0.2, 0.25) is 10.6 Å². The number of rotatable bonds is 11. The number of nitrogens with zero attached hydrogens (tertiary/aromatic N) is 3. The molecule has 1 rings (SSSR count). The third-order valence-corrected chi connectivity index (χ3v) is 4.55. The van der Waals surface area contributed by atoms with Crippen molar-refractivity contribution in [3.05, 3.63) is 10.6 Å². The van der Waals surface area contributed by atoms with Crippen LogP contribution in [0.4, 0.5) is 74.6 Å². The van der Waals surface area contributed by atoms with E-state index < -0.39 is 83.7 Å². The monoisotopic (exact) mass is 625 g/mol. The quantitative estimate of drug-likeness (QED) is 0.191. The van der Waals surface area contributed by atoms with Crippen LogP contribution in [-0.4, -0.2) is 69.2 Å². The molecule has 1 heterocycles. The van der Waals surface area contributed by atoms with Gasteiger partial charge in [0.15, 0.2) is 0 Å². The van der Waals surface area contributed by atoms with E-state index in [1.807, 2.05) is 0 Å². The molecule has 1 aromatic rings. The third-order valence-electron chi connectivity index (χ3n) is 4.21.